The van der Waals surface area contributed by atoms with Gasteiger partial charge in [0.15, 0.2) is 0 Å². The number of hydrogen-bond donors (Lipinski definition) is 0. The van der Waals surface area contributed by atoms with Gasteiger partial charge in [-0.1, -0.05) is 25.1 Å². The summed E-state index contributed by atoms with van der Waals surface area (Å²) in [5.41, 5.74) is 0.341. The lowest BCUT2D eigenvalue weighted by Crippen LogP contribution is -2.41. The highest BCUT2D eigenvalue weighted by molar-refractivity contribution is 7.89. The lowest BCUT2D eigenvalue weighted by Gasteiger charge is -2.24. The van der Waals surface area contributed by atoms with Gasteiger partial charge in [0.25, 0.3) is 0 Å². The molecule has 2 rings (SSSR count). The zero-order valence-electron chi connectivity index (χ0n) is 14.5. The molecule has 1 amide bonds. The molecule has 0 bridgehead atoms. The average Bonchev–Trinajstić information content (AvgIpc) is 2.61. The van der Waals surface area contributed by atoms with Crippen molar-refractivity contribution in [3.05, 3.63) is 65.7 Å². The number of rotatable bonds is 7. The molecular formula is C18H20F2N2O3S. The molecule has 0 saturated heterocycles. The highest BCUT2D eigenvalue weighted by Gasteiger charge is 2.26. The number of halogens is 2. The van der Waals surface area contributed by atoms with Crippen molar-refractivity contribution in [2.75, 3.05) is 20.1 Å². The molecule has 0 aliphatic heterocycles. The predicted octanol–water partition coefficient (Wildman–Crippen LogP) is 2.63. The van der Waals surface area contributed by atoms with E-state index in [9.17, 15) is 22.0 Å². The Labute approximate surface area is 151 Å². The van der Waals surface area contributed by atoms with Crippen molar-refractivity contribution in [2.45, 2.75) is 18.4 Å². The van der Waals surface area contributed by atoms with Crippen LogP contribution < -0.4 is 0 Å². The predicted molar refractivity (Wildman–Crippen MR) is 93.7 cm³/mol. The third kappa shape index (κ3) is 4.64. The molecule has 8 heteroatoms. The fourth-order valence-corrected chi connectivity index (χ4v) is 3.76. The van der Waals surface area contributed by atoms with Crippen molar-refractivity contribution in [2.24, 2.45) is 0 Å². The summed E-state index contributed by atoms with van der Waals surface area (Å²) >= 11 is 0. The number of benzene rings is 2. The van der Waals surface area contributed by atoms with Gasteiger partial charge >= 0.3 is 0 Å². The second-order valence-corrected chi connectivity index (χ2v) is 7.66. The Bertz CT molecular complexity index is 870. The van der Waals surface area contributed by atoms with Gasteiger partial charge in [-0.2, -0.15) is 4.31 Å². The quantitative estimate of drug-likeness (QED) is 0.740. The summed E-state index contributed by atoms with van der Waals surface area (Å²) in [7, 11) is -2.45. The third-order valence-corrected chi connectivity index (χ3v) is 5.84. The van der Waals surface area contributed by atoms with Crippen LogP contribution in [0.2, 0.25) is 0 Å². The van der Waals surface area contributed by atoms with Gasteiger partial charge in [0, 0.05) is 25.7 Å². The monoisotopic (exact) mass is 382 g/mol. The molecule has 0 unspecified atom stereocenters. The number of carbonyl (C=O) groups excluding carboxylic acids is 1. The minimum atomic E-state index is -3.93. The summed E-state index contributed by atoms with van der Waals surface area (Å²) in [6, 6.07) is 10.5. The van der Waals surface area contributed by atoms with Gasteiger partial charge < -0.3 is 4.90 Å². The number of likely N-dealkylation sites (N-methyl/N-ethyl adjacent to an activating group) is 2. The molecule has 0 spiro atoms. The smallest absolute Gasteiger partial charge is 0.243 e. The first-order valence-electron chi connectivity index (χ1n) is 7.98. The van der Waals surface area contributed by atoms with E-state index in [2.05, 4.69) is 0 Å². The summed E-state index contributed by atoms with van der Waals surface area (Å²) in [4.78, 5) is 13.6. The SMILES string of the molecule is CCN(CC(=O)N(C)Cc1ccccc1F)S(=O)(=O)c1ccc(F)cc1. The molecule has 0 saturated carbocycles. The summed E-state index contributed by atoms with van der Waals surface area (Å²) in [5, 5.41) is 0. The molecule has 0 aromatic heterocycles. The van der Waals surface area contributed by atoms with Crippen LogP contribution in [0.4, 0.5) is 8.78 Å². The molecule has 0 atom stereocenters. The van der Waals surface area contributed by atoms with Crippen LogP contribution in [-0.4, -0.2) is 43.7 Å². The Morgan fingerprint density at radius 2 is 1.65 bits per heavy atom. The van der Waals surface area contributed by atoms with E-state index in [4.69, 9.17) is 0 Å². The standard InChI is InChI=1S/C18H20F2N2O3S/c1-3-22(26(24,25)16-10-8-15(19)9-11-16)13-18(23)21(2)12-14-6-4-5-7-17(14)20/h4-11H,3,12-13H2,1-2H3. The second-order valence-electron chi connectivity index (χ2n) is 5.73. The average molecular weight is 382 g/mol. The van der Waals surface area contributed by atoms with E-state index in [0.29, 0.717) is 5.56 Å². The minimum Gasteiger partial charge on any atom is -0.340 e. The summed E-state index contributed by atoms with van der Waals surface area (Å²) in [6.07, 6.45) is 0. The molecule has 2 aromatic carbocycles. The minimum absolute atomic E-state index is 0.0274. The van der Waals surface area contributed by atoms with E-state index in [0.717, 1.165) is 28.6 Å². The zero-order chi connectivity index (χ0) is 19.3. The summed E-state index contributed by atoms with van der Waals surface area (Å²) in [6.45, 7) is 1.31. The molecule has 26 heavy (non-hydrogen) atoms. The first-order valence-corrected chi connectivity index (χ1v) is 9.42. The van der Waals surface area contributed by atoms with Gasteiger partial charge in [-0.15, -0.1) is 0 Å². The Morgan fingerprint density at radius 1 is 1.04 bits per heavy atom. The number of nitrogens with zero attached hydrogens (tertiary/aromatic N) is 2. The number of hydrogen-bond acceptors (Lipinski definition) is 3. The lowest BCUT2D eigenvalue weighted by molar-refractivity contribution is -0.130. The maximum atomic E-state index is 13.7. The fraction of sp³-hybridized carbons (Fsp3) is 0.278. The van der Waals surface area contributed by atoms with E-state index in [1.54, 1.807) is 25.1 Å². The van der Waals surface area contributed by atoms with Crippen molar-refractivity contribution in [3.63, 3.8) is 0 Å². The van der Waals surface area contributed by atoms with Crippen LogP contribution in [0.25, 0.3) is 0 Å². The van der Waals surface area contributed by atoms with Crippen LogP contribution in [-0.2, 0) is 21.4 Å². The van der Waals surface area contributed by atoms with Crippen LogP contribution in [0, 0.1) is 11.6 Å². The topological polar surface area (TPSA) is 57.7 Å². The highest BCUT2D eigenvalue weighted by Crippen LogP contribution is 2.16. The Balaban J connectivity index is 2.12. The molecule has 0 heterocycles. The Kier molecular flexibility index (Phi) is 6.44. The summed E-state index contributed by atoms with van der Waals surface area (Å²) in [5.74, 6) is -1.45. The molecule has 0 fully saturated rings. The second kappa shape index (κ2) is 8.37. The van der Waals surface area contributed by atoms with Gasteiger partial charge in [-0.05, 0) is 30.3 Å². The van der Waals surface area contributed by atoms with Gasteiger partial charge in [-0.25, -0.2) is 17.2 Å². The first-order chi connectivity index (χ1) is 12.3. The van der Waals surface area contributed by atoms with E-state index in [1.165, 1.54) is 18.0 Å². The van der Waals surface area contributed by atoms with Gasteiger partial charge in [-0.3, -0.25) is 4.79 Å². The maximum Gasteiger partial charge on any atom is 0.243 e. The van der Waals surface area contributed by atoms with Crippen molar-refractivity contribution in [1.82, 2.24) is 9.21 Å². The lowest BCUT2D eigenvalue weighted by atomic mass is 10.2. The highest BCUT2D eigenvalue weighted by atomic mass is 32.2. The van der Waals surface area contributed by atoms with Crippen molar-refractivity contribution < 1.29 is 22.0 Å². The van der Waals surface area contributed by atoms with Gasteiger partial charge in [0.05, 0.1) is 11.4 Å². The van der Waals surface area contributed by atoms with Crippen LogP contribution in [0.5, 0.6) is 0 Å². The number of sulfonamides is 1. The van der Waals surface area contributed by atoms with E-state index in [1.807, 2.05) is 0 Å². The molecular weight excluding hydrogens is 362 g/mol. The van der Waals surface area contributed by atoms with Gasteiger partial charge in [0.2, 0.25) is 15.9 Å². The maximum absolute atomic E-state index is 13.7. The third-order valence-electron chi connectivity index (χ3n) is 3.91. The van der Waals surface area contributed by atoms with E-state index >= 15 is 0 Å². The zero-order valence-corrected chi connectivity index (χ0v) is 15.3. The van der Waals surface area contributed by atoms with Crippen LogP contribution in [0.3, 0.4) is 0 Å². The number of amides is 1. The van der Waals surface area contributed by atoms with Crippen LogP contribution in [0.1, 0.15) is 12.5 Å². The largest absolute Gasteiger partial charge is 0.340 e. The van der Waals surface area contributed by atoms with E-state index in [-0.39, 0.29) is 24.5 Å². The van der Waals surface area contributed by atoms with Crippen molar-refractivity contribution >= 4 is 15.9 Å². The van der Waals surface area contributed by atoms with E-state index < -0.39 is 27.6 Å². The molecule has 0 aliphatic carbocycles. The normalized spacial score (nSPS) is 11.6. The summed E-state index contributed by atoms with van der Waals surface area (Å²) < 4.78 is 53.0. The van der Waals surface area contributed by atoms with Crippen LogP contribution in [0.15, 0.2) is 53.4 Å². The molecule has 0 aliphatic rings. The first kappa shape index (κ1) is 20.0. The molecule has 2 aromatic rings. The molecule has 140 valence electrons. The van der Waals surface area contributed by atoms with Gasteiger partial charge in [0.1, 0.15) is 11.6 Å². The number of carbonyl (C=O) groups is 1. The Hall–Kier alpha value is -2.32. The van der Waals surface area contributed by atoms with Crippen molar-refractivity contribution in [3.8, 4) is 0 Å². The molecule has 0 radical (unpaired) electrons. The van der Waals surface area contributed by atoms with Crippen molar-refractivity contribution in [1.29, 1.82) is 0 Å². The van der Waals surface area contributed by atoms with Crippen LogP contribution >= 0.6 is 0 Å². The molecule has 5 nitrogen and oxygen atoms in total. The Morgan fingerprint density at radius 3 is 2.23 bits per heavy atom. The molecule has 0 N–H and O–H groups in total. The fourth-order valence-electron chi connectivity index (χ4n) is 2.36.